The van der Waals surface area contributed by atoms with Gasteiger partial charge in [-0.2, -0.15) is 0 Å². The number of anilines is 1. The molecule has 2 amide bonds. The molecule has 0 heterocycles. The summed E-state index contributed by atoms with van der Waals surface area (Å²) in [5, 5.41) is 5.69. The summed E-state index contributed by atoms with van der Waals surface area (Å²) in [5.41, 5.74) is 1.93. The van der Waals surface area contributed by atoms with Crippen molar-refractivity contribution in [3.63, 3.8) is 0 Å². The number of carbonyl (C=O) groups excluding carboxylic acids is 2. The molecule has 0 aliphatic carbocycles. The summed E-state index contributed by atoms with van der Waals surface area (Å²) in [7, 11) is 5.59. The topological polar surface area (TPSA) is 79.9 Å². The van der Waals surface area contributed by atoms with Crippen molar-refractivity contribution >= 4 is 17.7 Å². The second-order valence-electron chi connectivity index (χ2n) is 8.53. The summed E-state index contributed by atoms with van der Waals surface area (Å²) in [5.74, 6) is 0.720. The van der Waals surface area contributed by atoms with Crippen molar-refractivity contribution in [1.29, 1.82) is 0 Å². The molecular formula is C24H33N3O4. The first-order valence-corrected chi connectivity index (χ1v) is 10.2. The molecule has 2 rings (SSSR count). The molecule has 0 spiro atoms. The monoisotopic (exact) mass is 427 g/mol. The molecule has 2 aromatic carbocycles. The van der Waals surface area contributed by atoms with Crippen LogP contribution in [0.1, 0.15) is 37.9 Å². The molecule has 0 aliphatic heterocycles. The Morgan fingerprint density at radius 1 is 1.03 bits per heavy atom. The third kappa shape index (κ3) is 7.94. The van der Waals surface area contributed by atoms with Crippen LogP contribution in [-0.2, 0) is 16.0 Å². The van der Waals surface area contributed by atoms with Gasteiger partial charge in [0.25, 0.3) is 0 Å². The minimum atomic E-state index is -0.559. The number of nitrogens with one attached hydrogen (secondary N) is 2. The Labute approximate surface area is 184 Å². The fraction of sp³-hybridized carbons (Fsp3) is 0.417. The highest BCUT2D eigenvalue weighted by Gasteiger charge is 2.19. The number of hydrogen-bond acceptors (Lipinski definition) is 5. The van der Waals surface area contributed by atoms with E-state index >= 15 is 0 Å². The average molecular weight is 428 g/mol. The molecule has 7 heteroatoms. The number of carbonyl (C=O) groups is 2. The molecule has 31 heavy (non-hydrogen) atoms. The second-order valence-corrected chi connectivity index (χ2v) is 8.53. The SMILES string of the molecule is COc1ccccc1[C@H](CNC(=O)Cc1ccc(NC(=O)OC(C)(C)C)cc1)N(C)C. The summed E-state index contributed by atoms with van der Waals surface area (Å²) in [6.07, 6.45) is -0.261. The smallest absolute Gasteiger partial charge is 0.412 e. The number of amides is 2. The zero-order valence-electron chi connectivity index (χ0n) is 19.2. The van der Waals surface area contributed by atoms with Crippen LogP contribution in [-0.4, -0.2) is 50.3 Å². The lowest BCUT2D eigenvalue weighted by Gasteiger charge is -2.26. The van der Waals surface area contributed by atoms with Crippen LogP contribution in [0, 0.1) is 0 Å². The highest BCUT2D eigenvalue weighted by Crippen LogP contribution is 2.27. The number of nitrogens with zero attached hydrogens (tertiary/aromatic N) is 1. The van der Waals surface area contributed by atoms with Gasteiger partial charge in [0.2, 0.25) is 5.91 Å². The first-order chi connectivity index (χ1) is 14.6. The molecule has 1 atom stereocenters. The molecule has 0 bridgehead atoms. The molecule has 168 valence electrons. The van der Waals surface area contributed by atoms with Crippen LogP contribution in [0.25, 0.3) is 0 Å². The molecule has 7 nitrogen and oxygen atoms in total. The summed E-state index contributed by atoms with van der Waals surface area (Å²) < 4.78 is 10.7. The van der Waals surface area contributed by atoms with Gasteiger partial charge in [0, 0.05) is 17.8 Å². The zero-order chi connectivity index (χ0) is 23.0. The fourth-order valence-electron chi connectivity index (χ4n) is 3.10. The van der Waals surface area contributed by atoms with E-state index in [4.69, 9.17) is 9.47 Å². The van der Waals surface area contributed by atoms with Crippen LogP contribution in [0.2, 0.25) is 0 Å². The molecule has 0 aromatic heterocycles. The summed E-state index contributed by atoms with van der Waals surface area (Å²) in [6.45, 7) is 5.89. The Kier molecular flexibility index (Phi) is 8.45. The molecular weight excluding hydrogens is 394 g/mol. The maximum atomic E-state index is 12.5. The summed E-state index contributed by atoms with van der Waals surface area (Å²) in [4.78, 5) is 26.4. The van der Waals surface area contributed by atoms with Crippen LogP contribution in [0.3, 0.4) is 0 Å². The lowest BCUT2D eigenvalue weighted by Crippen LogP contribution is -2.35. The van der Waals surface area contributed by atoms with Crippen molar-refractivity contribution < 1.29 is 19.1 Å². The molecule has 2 aromatic rings. The number of likely N-dealkylation sites (N-methyl/N-ethyl adjacent to an activating group) is 1. The number of methoxy groups -OCH3 is 1. The first kappa shape index (κ1) is 24.2. The van der Waals surface area contributed by atoms with Gasteiger partial charge in [-0.15, -0.1) is 0 Å². The third-order valence-electron chi connectivity index (χ3n) is 4.58. The van der Waals surface area contributed by atoms with Crippen LogP contribution in [0.5, 0.6) is 5.75 Å². The summed E-state index contributed by atoms with van der Waals surface area (Å²) in [6, 6.07) is 14.9. The largest absolute Gasteiger partial charge is 0.496 e. The van der Waals surface area contributed by atoms with Gasteiger partial charge in [0.15, 0.2) is 0 Å². The van der Waals surface area contributed by atoms with E-state index in [9.17, 15) is 9.59 Å². The maximum Gasteiger partial charge on any atom is 0.412 e. The standard InChI is InChI=1S/C24H33N3O4/c1-24(2,3)31-23(29)26-18-13-11-17(12-14-18)15-22(28)25-16-20(27(4)5)19-9-7-8-10-21(19)30-6/h7-14,20H,15-16H2,1-6H3,(H,25,28)(H,26,29)/t20-/m0/s1. The van der Waals surface area contributed by atoms with Crippen molar-refractivity contribution in [3.8, 4) is 5.75 Å². The van der Waals surface area contributed by atoms with E-state index in [0.29, 0.717) is 12.2 Å². The van der Waals surface area contributed by atoms with Gasteiger partial charge in [-0.1, -0.05) is 30.3 Å². The quantitative estimate of drug-likeness (QED) is 0.666. The molecule has 0 radical (unpaired) electrons. The van der Waals surface area contributed by atoms with E-state index in [2.05, 4.69) is 15.5 Å². The predicted molar refractivity (Wildman–Crippen MR) is 122 cm³/mol. The second kappa shape index (κ2) is 10.8. The van der Waals surface area contributed by atoms with Gasteiger partial charge < -0.3 is 19.7 Å². The molecule has 0 fully saturated rings. The maximum absolute atomic E-state index is 12.5. The van der Waals surface area contributed by atoms with E-state index in [0.717, 1.165) is 16.9 Å². The van der Waals surface area contributed by atoms with Crippen molar-refractivity contribution in [2.45, 2.75) is 38.8 Å². The average Bonchev–Trinajstić information content (AvgIpc) is 2.68. The number of hydrogen-bond donors (Lipinski definition) is 2. The normalized spacial score (nSPS) is 12.2. The minimum Gasteiger partial charge on any atom is -0.496 e. The Bertz CT molecular complexity index is 873. The van der Waals surface area contributed by atoms with Crippen LogP contribution in [0.15, 0.2) is 48.5 Å². The van der Waals surface area contributed by atoms with Crippen molar-refractivity contribution in [2.24, 2.45) is 0 Å². The van der Waals surface area contributed by atoms with Gasteiger partial charge in [-0.25, -0.2) is 4.79 Å². The fourth-order valence-corrected chi connectivity index (χ4v) is 3.10. The lowest BCUT2D eigenvalue weighted by molar-refractivity contribution is -0.120. The minimum absolute atomic E-state index is 0.0134. The highest BCUT2D eigenvalue weighted by atomic mass is 16.6. The van der Waals surface area contributed by atoms with Crippen LogP contribution < -0.4 is 15.4 Å². The summed E-state index contributed by atoms with van der Waals surface area (Å²) >= 11 is 0. The Morgan fingerprint density at radius 2 is 1.68 bits per heavy atom. The number of para-hydroxylation sites is 1. The molecule has 2 N–H and O–H groups in total. The van der Waals surface area contributed by atoms with E-state index < -0.39 is 11.7 Å². The van der Waals surface area contributed by atoms with Crippen LogP contribution >= 0.6 is 0 Å². The van der Waals surface area contributed by atoms with E-state index in [1.807, 2.05) is 71.3 Å². The first-order valence-electron chi connectivity index (χ1n) is 10.2. The van der Waals surface area contributed by atoms with Gasteiger partial charge in [0.1, 0.15) is 11.4 Å². The number of ether oxygens (including phenoxy) is 2. The van der Waals surface area contributed by atoms with Crippen LogP contribution in [0.4, 0.5) is 10.5 Å². The molecule has 0 aliphatic rings. The lowest BCUT2D eigenvalue weighted by atomic mass is 10.0. The molecule has 0 unspecified atom stereocenters. The molecule has 0 saturated carbocycles. The Balaban J connectivity index is 1.92. The zero-order valence-corrected chi connectivity index (χ0v) is 19.2. The highest BCUT2D eigenvalue weighted by molar-refractivity contribution is 5.85. The van der Waals surface area contributed by atoms with Gasteiger partial charge in [-0.05, 0) is 58.6 Å². The van der Waals surface area contributed by atoms with Gasteiger partial charge >= 0.3 is 6.09 Å². The van der Waals surface area contributed by atoms with Crippen molar-refractivity contribution in [2.75, 3.05) is 33.1 Å². The third-order valence-corrected chi connectivity index (χ3v) is 4.58. The number of benzene rings is 2. The van der Waals surface area contributed by atoms with E-state index in [1.54, 1.807) is 19.2 Å². The predicted octanol–water partition coefficient (Wildman–Crippen LogP) is 4.00. The van der Waals surface area contributed by atoms with Gasteiger partial charge in [-0.3, -0.25) is 10.1 Å². The van der Waals surface area contributed by atoms with Crippen molar-refractivity contribution in [1.82, 2.24) is 10.2 Å². The Morgan fingerprint density at radius 3 is 2.26 bits per heavy atom. The number of rotatable bonds is 8. The van der Waals surface area contributed by atoms with E-state index in [1.165, 1.54) is 0 Å². The Hall–Kier alpha value is -3.06. The van der Waals surface area contributed by atoms with Crippen molar-refractivity contribution in [3.05, 3.63) is 59.7 Å². The van der Waals surface area contributed by atoms with E-state index in [-0.39, 0.29) is 18.4 Å². The van der Waals surface area contributed by atoms with Gasteiger partial charge in [0.05, 0.1) is 19.6 Å². The molecule has 0 saturated heterocycles.